The zero-order chi connectivity index (χ0) is 15.1. The van der Waals surface area contributed by atoms with Crippen molar-refractivity contribution in [2.24, 2.45) is 0 Å². The molecule has 3 N–H and O–H groups in total. The highest BCUT2D eigenvalue weighted by atomic mass is 32.1. The van der Waals surface area contributed by atoms with Crippen molar-refractivity contribution in [1.82, 2.24) is 15.0 Å². The first kappa shape index (κ1) is 15.5. The number of aliphatic hydroxyl groups excluding tert-OH is 1. The summed E-state index contributed by atoms with van der Waals surface area (Å²) >= 11 is 1.55. The van der Waals surface area contributed by atoms with Crippen molar-refractivity contribution in [2.75, 3.05) is 30.3 Å². The molecule has 0 amide bonds. The van der Waals surface area contributed by atoms with Crippen molar-refractivity contribution in [1.29, 1.82) is 0 Å². The molecule has 114 valence electrons. The van der Waals surface area contributed by atoms with E-state index in [2.05, 4.69) is 25.6 Å². The Morgan fingerprint density at radius 3 is 2.62 bits per heavy atom. The molecule has 1 atom stereocenters. The van der Waals surface area contributed by atoms with Crippen LogP contribution in [-0.2, 0) is 0 Å². The summed E-state index contributed by atoms with van der Waals surface area (Å²) < 4.78 is 5.31. The molecular formula is C13H19N5O2S. The Bertz CT molecular complexity index is 525. The van der Waals surface area contributed by atoms with Gasteiger partial charge in [-0.05, 0) is 36.2 Å². The Morgan fingerprint density at radius 1 is 1.24 bits per heavy atom. The van der Waals surface area contributed by atoms with Crippen LogP contribution in [0.5, 0.6) is 6.01 Å². The van der Waals surface area contributed by atoms with Gasteiger partial charge in [-0.1, -0.05) is 0 Å². The average molecular weight is 309 g/mol. The van der Waals surface area contributed by atoms with Gasteiger partial charge in [0.25, 0.3) is 0 Å². The Balaban J connectivity index is 2.04. The molecule has 0 aromatic carbocycles. The number of aromatic nitrogens is 3. The molecule has 1 unspecified atom stereocenters. The molecule has 2 aromatic rings. The van der Waals surface area contributed by atoms with Crippen LogP contribution in [0, 0.1) is 0 Å². The molecule has 8 heteroatoms. The number of ether oxygens (including phenoxy) is 1. The second kappa shape index (κ2) is 7.75. The lowest BCUT2D eigenvalue weighted by Crippen LogP contribution is -2.15. The molecule has 0 radical (unpaired) electrons. The van der Waals surface area contributed by atoms with Crippen LogP contribution < -0.4 is 15.4 Å². The summed E-state index contributed by atoms with van der Waals surface area (Å²) in [5.74, 6) is 0.821. The first-order valence-electron chi connectivity index (χ1n) is 6.79. The second-order valence-corrected chi connectivity index (χ2v) is 4.96. The maximum absolute atomic E-state index is 10.0. The zero-order valence-electron chi connectivity index (χ0n) is 12.0. The maximum Gasteiger partial charge on any atom is 0.323 e. The van der Waals surface area contributed by atoms with Gasteiger partial charge in [0.05, 0.1) is 12.7 Å². The van der Waals surface area contributed by atoms with Gasteiger partial charge < -0.3 is 20.5 Å². The smallest absolute Gasteiger partial charge is 0.323 e. The Labute approximate surface area is 127 Å². The first-order valence-corrected chi connectivity index (χ1v) is 7.74. The SMILES string of the molecule is CCNc1nc(NCC(O)c2ccsc2)nc(OCC)n1. The van der Waals surface area contributed by atoms with Crippen molar-refractivity contribution < 1.29 is 9.84 Å². The van der Waals surface area contributed by atoms with E-state index in [9.17, 15) is 5.11 Å². The summed E-state index contributed by atoms with van der Waals surface area (Å²) in [6.45, 7) is 5.32. The Morgan fingerprint density at radius 2 is 2.00 bits per heavy atom. The van der Waals surface area contributed by atoms with Gasteiger partial charge >= 0.3 is 6.01 Å². The molecule has 0 aliphatic carbocycles. The van der Waals surface area contributed by atoms with E-state index in [0.717, 1.165) is 5.56 Å². The van der Waals surface area contributed by atoms with Gasteiger partial charge in [0.15, 0.2) is 0 Å². The van der Waals surface area contributed by atoms with Crippen LogP contribution >= 0.6 is 11.3 Å². The van der Waals surface area contributed by atoms with Gasteiger partial charge in [0.1, 0.15) is 0 Å². The predicted molar refractivity (Wildman–Crippen MR) is 82.9 cm³/mol. The molecule has 0 bridgehead atoms. The third-order valence-electron chi connectivity index (χ3n) is 2.60. The monoisotopic (exact) mass is 309 g/mol. The number of thiophene rings is 1. The van der Waals surface area contributed by atoms with Gasteiger partial charge in [0, 0.05) is 13.1 Å². The maximum atomic E-state index is 10.0. The number of rotatable bonds is 8. The topological polar surface area (TPSA) is 92.2 Å². The van der Waals surface area contributed by atoms with Crippen molar-refractivity contribution in [2.45, 2.75) is 20.0 Å². The highest BCUT2D eigenvalue weighted by Crippen LogP contribution is 2.17. The molecule has 0 saturated carbocycles. The van der Waals surface area contributed by atoms with Crippen molar-refractivity contribution >= 4 is 23.2 Å². The standard InChI is InChI=1S/C13H19N5O2S/c1-3-14-11-16-12(18-13(17-11)20-4-2)15-7-10(19)9-5-6-21-8-9/h5-6,8,10,19H,3-4,7H2,1-2H3,(H2,14,15,16,17,18). The summed E-state index contributed by atoms with van der Waals surface area (Å²) in [5, 5.41) is 19.9. The van der Waals surface area contributed by atoms with E-state index in [1.807, 2.05) is 30.7 Å². The minimum atomic E-state index is -0.605. The zero-order valence-corrected chi connectivity index (χ0v) is 12.9. The third-order valence-corrected chi connectivity index (χ3v) is 3.31. The van der Waals surface area contributed by atoms with Crippen molar-refractivity contribution in [3.8, 4) is 6.01 Å². The number of hydrogen-bond donors (Lipinski definition) is 3. The van der Waals surface area contributed by atoms with Crippen LogP contribution in [0.4, 0.5) is 11.9 Å². The lowest BCUT2D eigenvalue weighted by molar-refractivity contribution is 0.192. The molecule has 7 nitrogen and oxygen atoms in total. The Kier molecular flexibility index (Phi) is 5.70. The van der Waals surface area contributed by atoms with Crippen molar-refractivity contribution in [3.63, 3.8) is 0 Å². The van der Waals surface area contributed by atoms with Gasteiger partial charge in [-0.15, -0.1) is 0 Å². The summed E-state index contributed by atoms with van der Waals surface area (Å²) in [6.07, 6.45) is -0.605. The molecule has 2 heterocycles. The minimum Gasteiger partial charge on any atom is -0.464 e. The fourth-order valence-corrected chi connectivity index (χ4v) is 2.34. The average Bonchev–Trinajstić information content (AvgIpc) is 2.99. The van der Waals surface area contributed by atoms with E-state index in [4.69, 9.17) is 4.74 Å². The van der Waals surface area contributed by atoms with Crippen LogP contribution in [0.15, 0.2) is 16.8 Å². The van der Waals surface area contributed by atoms with Crippen LogP contribution in [-0.4, -0.2) is 39.8 Å². The summed E-state index contributed by atoms with van der Waals surface area (Å²) in [5.41, 5.74) is 0.874. The first-order chi connectivity index (χ1) is 10.2. The summed E-state index contributed by atoms with van der Waals surface area (Å²) in [7, 11) is 0. The van der Waals surface area contributed by atoms with Crippen LogP contribution in [0.3, 0.4) is 0 Å². The quantitative estimate of drug-likeness (QED) is 0.686. The molecule has 0 saturated heterocycles. The predicted octanol–water partition coefficient (Wildman–Crippen LogP) is 1.91. The number of nitrogens with zero attached hydrogens (tertiary/aromatic N) is 3. The van der Waals surface area contributed by atoms with Gasteiger partial charge in [-0.3, -0.25) is 0 Å². The minimum absolute atomic E-state index is 0.260. The largest absolute Gasteiger partial charge is 0.464 e. The van der Waals surface area contributed by atoms with Crippen molar-refractivity contribution in [3.05, 3.63) is 22.4 Å². The number of anilines is 2. The lowest BCUT2D eigenvalue weighted by atomic mass is 10.2. The van der Waals surface area contributed by atoms with E-state index in [0.29, 0.717) is 31.6 Å². The van der Waals surface area contributed by atoms with Crippen LogP contribution in [0.25, 0.3) is 0 Å². The molecular weight excluding hydrogens is 290 g/mol. The van der Waals surface area contributed by atoms with Crippen LogP contribution in [0.1, 0.15) is 25.5 Å². The molecule has 0 spiro atoms. The van der Waals surface area contributed by atoms with Gasteiger partial charge in [-0.2, -0.15) is 26.3 Å². The number of hydrogen-bond acceptors (Lipinski definition) is 8. The van der Waals surface area contributed by atoms with E-state index in [1.54, 1.807) is 11.3 Å². The summed E-state index contributed by atoms with van der Waals surface area (Å²) in [4.78, 5) is 12.5. The molecule has 21 heavy (non-hydrogen) atoms. The van der Waals surface area contributed by atoms with E-state index >= 15 is 0 Å². The number of nitrogens with one attached hydrogen (secondary N) is 2. The van der Waals surface area contributed by atoms with E-state index in [-0.39, 0.29) is 6.01 Å². The highest BCUT2D eigenvalue weighted by Gasteiger charge is 2.11. The molecule has 0 aliphatic rings. The normalized spacial score (nSPS) is 12.0. The molecule has 0 fully saturated rings. The highest BCUT2D eigenvalue weighted by molar-refractivity contribution is 7.07. The third kappa shape index (κ3) is 4.54. The second-order valence-electron chi connectivity index (χ2n) is 4.18. The molecule has 0 aliphatic heterocycles. The Hall–Kier alpha value is -1.93. The van der Waals surface area contributed by atoms with Gasteiger partial charge in [0.2, 0.25) is 11.9 Å². The fourth-order valence-electron chi connectivity index (χ4n) is 1.64. The van der Waals surface area contributed by atoms with E-state index in [1.165, 1.54) is 0 Å². The fraction of sp³-hybridized carbons (Fsp3) is 0.462. The number of aliphatic hydroxyl groups is 1. The molecule has 2 rings (SSSR count). The van der Waals surface area contributed by atoms with Gasteiger partial charge in [-0.25, -0.2) is 0 Å². The van der Waals surface area contributed by atoms with E-state index < -0.39 is 6.10 Å². The summed E-state index contributed by atoms with van der Waals surface area (Å²) in [6, 6.07) is 2.15. The molecule has 2 aromatic heterocycles. The van der Waals surface area contributed by atoms with Crippen LogP contribution in [0.2, 0.25) is 0 Å². The lowest BCUT2D eigenvalue weighted by Gasteiger charge is -2.12.